The predicted molar refractivity (Wildman–Crippen MR) is 90.7 cm³/mol. The quantitative estimate of drug-likeness (QED) is 0.486. The minimum absolute atomic E-state index is 0.108. The second-order valence-corrected chi connectivity index (χ2v) is 6.97. The molecule has 0 radical (unpaired) electrons. The highest BCUT2D eigenvalue weighted by molar-refractivity contribution is 5.80. The second-order valence-electron chi connectivity index (χ2n) is 6.97. The smallest absolute Gasteiger partial charge is 0.269 e. The van der Waals surface area contributed by atoms with Crippen LogP contribution in [0.4, 0.5) is 11.4 Å². The van der Waals surface area contributed by atoms with Gasteiger partial charge in [0, 0.05) is 49.9 Å². The molecule has 1 saturated carbocycles. The van der Waals surface area contributed by atoms with Crippen LogP contribution in [-0.4, -0.2) is 41.9 Å². The van der Waals surface area contributed by atoms with Gasteiger partial charge in [-0.25, -0.2) is 0 Å². The molecule has 0 spiro atoms. The Kier molecular flexibility index (Phi) is 3.75. The molecule has 3 atom stereocenters. The molecule has 6 heteroatoms. The van der Waals surface area contributed by atoms with Gasteiger partial charge in [-0.05, 0) is 36.8 Å². The Hall–Kier alpha value is -2.37. The molecular weight excluding hydrogens is 306 g/mol. The Bertz CT molecular complexity index is 677. The summed E-state index contributed by atoms with van der Waals surface area (Å²) in [6.07, 6.45) is 6.66. The van der Waals surface area contributed by atoms with Crippen LogP contribution in [0.1, 0.15) is 12.8 Å². The first kappa shape index (κ1) is 15.2. The summed E-state index contributed by atoms with van der Waals surface area (Å²) >= 11 is 0. The fourth-order valence-electron chi connectivity index (χ4n) is 4.27. The number of carbonyl (C=O) groups is 1. The van der Waals surface area contributed by atoms with Gasteiger partial charge in [0.2, 0.25) is 5.91 Å². The average Bonchev–Trinajstić information content (AvgIpc) is 3.25. The summed E-state index contributed by atoms with van der Waals surface area (Å²) in [4.78, 5) is 27.3. The highest BCUT2D eigenvalue weighted by Crippen LogP contribution is 2.44. The topological polar surface area (TPSA) is 66.7 Å². The van der Waals surface area contributed by atoms with Crippen LogP contribution in [0.15, 0.2) is 36.4 Å². The lowest BCUT2D eigenvalue weighted by Crippen LogP contribution is -2.50. The van der Waals surface area contributed by atoms with E-state index in [-0.39, 0.29) is 16.5 Å². The lowest BCUT2D eigenvalue weighted by Gasteiger charge is -2.38. The summed E-state index contributed by atoms with van der Waals surface area (Å²) in [6.45, 7) is 3.02. The van der Waals surface area contributed by atoms with E-state index in [0.29, 0.717) is 17.7 Å². The van der Waals surface area contributed by atoms with Gasteiger partial charge in [0.25, 0.3) is 5.69 Å². The second kappa shape index (κ2) is 5.92. The van der Waals surface area contributed by atoms with Crippen molar-refractivity contribution in [1.82, 2.24) is 4.90 Å². The Morgan fingerprint density at radius 3 is 2.29 bits per heavy atom. The summed E-state index contributed by atoms with van der Waals surface area (Å²) in [6, 6.07) is 6.65. The van der Waals surface area contributed by atoms with E-state index >= 15 is 0 Å². The number of nitrogens with zero attached hydrogens (tertiary/aromatic N) is 3. The Balaban J connectivity index is 1.35. The van der Waals surface area contributed by atoms with E-state index in [9.17, 15) is 14.9 Å². The van der Waals surface area contributed by atoms with Gasteiger partial charge in [0.1, 0.15) is 0 Å². The number of carbonyl (C=O) groups excluding carboxylic acids is 1. The number of rotatable bonds is 3. The molecular formula is C18H21N3O3. The zero-order valence-electron chi connectivity index (χ0n) is 13.5. The summed E-state index contributed by atoms with van der Waals surface area (Å²) in [5, 5.41) is 10.7. The normalized spacial score (nSPS) is 28.4. The molecule has 1 aromatic rings. The SMILES string of the molecule is O=C([C@@H]1C[C@H]2C=C[C@H]1C2)N1CCN(c2ccc([N+](=O)[O-])cc2)CC1. The molecule has 4 rings (SSSR count). The average molecular weight is 327 g/mol. The first-order valence-electron chi connectivity index (χ1n) is 8.58. The molecule has 1 amide bonds. The summed E-state index contributed by atoms with van der Waals surface area (Å²) in [7, 11) is 0. The van der Waals surface area contributed by atoms with Crippen LogP contribution in [0.3, 0.4) is 0 Å². The van der Waals surface area contributed by atoms with Crippen LogP contribution in [0.5, 0.6) is 0 Å². The number of nitro groups is 1. The van der Waals surface area contributed by atoms with E-state index in [0.717, 1.165) is 44.7 Å². The van der Waals surface area contributed by atoms with Crippen LogP contribution in [0.25, 0.3) is 0 Å². The van der Waals surface area contributed by atoms with Crippen molar-refractivity contribution in [2.24, 2.45) is 17.8 Å². The molecule has 1 saturated heterocycles. The lowest BCUT2D eigenvalue weighted by atomic mass is 9.92. The highest BCUT2D eigenvalue weighted by atomic mass is 16.6. The van der Waals surface area contributed by atoms with Crippen LogP contribution in [0, 0.1) is 27.9 Å². The number of hydrogen-bond donors (Lipinski definition) is 0. The van der Waals surface area contributed by atoms with Crippen molar-refractivity contribution >= 4 is 17.3 Å². The molecule has 1 aliphatic heterocycles. The fourth-order valence-corrected chi connectivity index (χ4v) is 4.27. The van der Waals surface area contributed by atoms with Gasteiger partial charge in [-0.15, -0.1) is 0 Å². The molecule has 0 unspecified atom stereocenters. The summed E-state index contributed by atoms with van der Waals surface area (Å²) in [5.74, 6) is 1.57. The number of fused-ring (bicyclic) bond motifs is 2. The predicted octanol–water partition coefficient (Wildman–Crippen LogP) is 2.46. The van der Waals surface area contributed by atoms with Gasteiger partial charge in [-0.2, -0.15) is 0 Å². The van der Waals surface area contributed by atoms with E-state index in [4.69, 9.17) is 0 Å². The molecule has 2 aliphatic carbocycles. The maximum absolute atomic E-state index is 12.8. The van der Waals surface area contributed by atoms with E-state index in [2.05, 4.69) is 17.1 Å². The van der Waals surface area contributed by atoms with Gasteiger partial charge in [-0.1, -0.05) is 12.2 Å². The van der Waals surface area contributed by atoms with Gasteiger partial charge in [-0.3, -0.25) is 14.9 Å². The third-order valence-electron chi connectivity index (χ3n) is 5.61. The number of amides is 1. The number of allylic oxidation sites excluding steroid dienone is 2. The zero-order chi connectivity index (χ0) is 16.7. The monoisotopic (exact) mass is 327 g/mol. The van der Waals surface area contributed by atoms with Crippen LogP contribution < -0.4 is 4.90 Å². The molecule has 1 aromatic carbocycles. The third kappa shape index (κ3) is 2.66. The Labute approximate surface area is 140 Å². The third-order valence-corrected chi connectivity index (χ3v) is 5.61. The maximum Gasteiger partial charge on any atom is 0.269 e. The number of benzene rings is 1. The number of non-ortho nitro benzene ring substituents is 1. The first-order valence-corrected chi connectivity index (χ1v) is 8.58. The first-order chi connectivity index (χ1) is 11.6. The van der Waals surface area contributed by atoms with Crippen LogP contribution in [0.2, 0.25) is 0 Å². The van der Waals surface area contributed by atoms with Crippen molar-refractivity contribution in [3.05, 3.63) is 46.5 Å². The largest absolute Gasteiger partial charge is 0.368 e. The zero-order valence-corrected chi connectivity index (χ0v) is 13.5. The van der Waals surface area contributed by atoms with Crippen molar-refractivity contribution in [2.75, 3.05) is 31.1 Å². The molecule has 2 bridgehead atoms. The molecule has 6 nitrogen and oxygen atoms in total. The van der Waals surface area contributed by atoms with Crippen molar-refractivity contribution in [1.29, 1.82) is 0 Å². The minimum atomic E-state index is -0.385. The number of piperazine rings is 1. The molecule has 0 aromatic heterocycles. The highest BCUT2D eigenvalue weighted by Gasteiger charge is 2.41. The molecule has 0 N–H and O–H groups in total. The van der Waals surface area contributed by atoms with E-state index in [1.54, 1.807) is 12.1 Å². The Morgan fingerprint density at radius 1 is 1.04 bits per heavy atom. The lowest BCUT2D eigenvalue weighted by molar-refractivity contribution is -0.384. The van der Waals surface area contributed by atoms with E-state index < -0.39 is 0 Å². The van der Waals surface area contributed by atoms with E-state index in [1.807, 2.05) is 4.90 Å². The van der Waals surface area contributed by atoms with Gasteiger partial charge < -0.3 is 9.80 Å². The summed E-state index contributed by atoms with van der Waals surface area (Å²) in [5.41, 5.74) is 1.09. The molecule has 24 heavy (non-hydrogen) atoms. The Morgan fingerprint density at radius 2 is 1.75 bits per heavy atom. The van der Waals surface area contributed by atoms with Crippen LogP contribution >= 0.6 is 0 Å². The fraction of sp³-hybridized carbons (Fsp3) is 0.500. The van der Waals surface area contributed by atoms with Crippen molar-refractivity contribution < 1.29 is 9.72 Å². The molecule has 3 aliphatic rings. The van der Waals surface area contributed by atoms with Gasteiger partial charge >= 0.3 is 0 Å². The number of hydrogen-bond acceptors (Lipinski definition) is 4. The van der Waals surface area contributed by atoms with Crippen molar-refractivity contribution in [3.63, 3.8) is 0 Å². The van der Waals surface area contributed by atoms with Crippen LogP contribution in [-0.2, 0) is 4.79 Å². The maximum atomic E-state index is 12.8. The molecule has 2 fully saturated rings. The van der Waals surface area contributed by atoms with Crippen molar-refractivity contribution in [2.45, 2.75) is 12.8 Å². The molecule has 126 valence electrons. The summed E-state index contributed by atoms with van der Waals surface area (Å²) < 4.78 is 0. The van der Waals surface area contributed by atoms with Gasteiger partial charge in [0.05, 0.1) is 4.92 Å². The van der Waals surface area contributed by atoms with Crippen molar-refractivity contribution in [3.8, 4) is 0 Å². The van der Waals surface area contributed by atoms with Gasteiger partial charge in [0.15, 0.2) is 0 Å². The standard InChI is InChI=1S/C18H21N3O3/c22-18(17-12-13-1-2-14(17)11-13)20-9-7-19(8-10-20)15-3-5-16(6-4-15)21(23)24/h1-6,13-14,17H,7-12H2/t13-,14-,17+/m0/s1. The minimum Gasteiger partial charge on any atom is -0.368 e. The van der Waals surface area contributed by atoms with E-state index in [1.165, 1.54) is 12.1 Å². The number of nitro benzene ring substituents is 1. The number of anilines is 1. The molecule has 1 heterocycles.